The number of nitrogens with one attached hydrogen (secondary N) is 2. The molecule has 0 fully saturated rings. The Morgan fingerprint density at radius 2 is 1.47 bits per heavy atom. The van der Waals surface area contributed by atoms with E-state index in [-0.39, 0.29) is 10.5 Å². The molecule has 34 heavy (non-hydrogen) atoms. The third-order valence-electron chi connectivity index (χ3n) is 5.15. The van der Waals surface area contributed by atoms with Crippen molar-refractivity contribution in [1.29, 1.82) is 0 Å². The van der Waals surface area contributed by atoms with E-state index in [2.05, 4.69) is 10.0 Å². The molecule has 3 aromatic rings. The van der Waals surface area contributed by atoms with Crippen LogP contribution in [0.4, 0.5) is 11.4 Å². The van der Waals surface area contributed by atoms with Gasteiger partial charge in [0.15, 0.2) is 0 Å². The first-order valence-corrected chi connectivity index (χ1v) is 12.5. The fourth-order valence-corrected chi connectivity index (χ4v) is 4.48. The van der Waals surface area contributed by atoms with E-state index < -0.39 is 21.9 Å². The zero-order valence-electron chi connectivity index (χ0n) is 19.4. The fourth-order valence-electron chi connectivity index (χ4n) is 3.15. The molecule has 0 unspecified atom stereocenters. The molecule has 0 aromatic heterocycles. The monoisotopic (exact) mass is 480 g/mol. The van der Waals surface area contributed by atoms with Gasteiger partial charge in [-0.3, -0.25) is 9.52 Å². The van der Waals surface area contributed by atoms with Crippen LogP contribution in [0.5, 0.6) is 0 Å². The van der Waals surface area contributed by atoms with E-state index in [4.69, 9.17) is 4.74 Å². The van der Waals surface area contributed by atoms with Crippen molar-refractivity contribution in [3.05, 3.63) is 89.0 Å². The Kier molecular flexibility index (Phi) is 8.07. The summed E-state index contributed by atoms with van der Waals surface area (Å²) < 4.78 is 33.6. The lowest BCUT2D eigenvalue weighted by atomic mass is 10.1. The van der Waals surface area contributed by atoms with Crippen LogP contribution >= 0.6 is 0 Å². The van der Waals surface area contributed by atoms with Crippen molar-refractivity contribution in [3.63, 3.8) is 0 Å². The maximum atomic E-state index is 12.9. The number of hydrogen-bond donors (Lipinski definition) is 2. The zero-order valence-corrected chi connectivity index (χ0v) is 20.2. The maximum Gasteiger partial charge on any atom is 0.338 e. The summed E-state index contributed by atoms with van der Waals surface area (Å²) in [4.78, 5) is 24.8. The van der Waals surface area contributed by atoms with Crippen molar-refractivity contribution in [2.75, 3.05) is 16.6 Å². The first-order valence-electron chi connectivity index (χ1n) is 11.0. The van der Waals surface area contributed by atoms with Gasteiger partial charge >= 0.3 is 5.97 Å². The Morgan fingerprint density at radius 3 is 2.12 bits per heavy atom. The molecule has 0 heterocycles. The van der Waals surface area contributed by atoms with Crippen molar-refractivity contribution in [3.8, 4) is 0 Å². The fraction of sp³-hybridized carbons (Fsp3) is 0.231. The van der Waals surface area contributed by atoms with Gasteiger partial charge in [-0.2, -0.15) is 0 Å². The summed E-state index contributed by atoms with van der Waals surface area (Å²) in [6.45, 7) is 5.96. The molecular weight excluding hydrogens is 452 g/mol. The summed E-state index contributed by atoms with van der Waals surface area (Å²) >= 11 is 0. The number of aryl methyl sites for hydroxylation is 2. The lowest BCUT2D eigenvalue weighted by Crippen LogP contribution is -2.17. The summed E-state index contributed by atoms with van der Waals surface area (Å²) in [7, 11) is -3.89. The number of carbonyl (C=O) groups excluding carboxylic acids is 2. The number of sulfonamides is 1. The van der Waals surface area contributed by atoms with Crippen LogP contribution in [0, 0.1) is 13.8 Å². The topological polar surface area (TPSA) is 102 Å². The molecule has 1 amide bonds. The molecule has 0 aliphatic rings. The summed E-state index contributed by atoms with van der Waals surface area (Å²) in [5.74, 6) is -0.883. The molecule has 0 saturated carbocycles. The number of rotatable bonds is 9. The molecule has 8 heteroatoms. The van der Waals surface area contributed by atoms with Gasteiger partial charge in [0, 0.05) is 16.9 Å². The quantitative estimate of drug-likeness (QED) is 0.319. The van der Waals surface area contributed by atoms with E-state index in [0.717, 1.165) is 18.4 Å². The highest BCUT2D eigenvalue weighted by molar-refractivity contribution is 7.92. The van der Waals surface area contributed by atoms with Crippen LogP contribution < -0.4 is 10.0 Å². The van der Waals surface area contributed by atoms with Crippen LogP contribution in [-0.4, -0.2) is 26.9 Å². The summed E-state index contributed by atoms with van der Waals surface area (Å²) in [5.41, 5.74) is 3.02. The molecule has 0 aliphatic carbocycles. The van der Waals surface area contributed by atoms with E-state index >= 15 is 0 Å². The largest absolute Gasteiger partial charge is 0.462 e. The summed E-state index contributed by atoms with van der Waals surface area (Å²) in [5, 5.41) is 2.72. The minimum absolute atomic E-state index is 0.0193. The number of ether oxygens (including phenoxy) is 1. The Bertz CT molecular complexity index is 1270. The molecule has 178 valence electrons. The van der Waals surface area contributed by atoms with Gasteiger partial charge < -0.3 is 10.1 Å². The average molecular weight is 481 g/mol. The predicted octanol–water partition coefficient (Wildman–Crippen LogP) is 5.31. The van der Waals surface area contributed by atoms with Gasteiger partial charge in [0.05, 0.1) is 17.1 Å². The third-order valence-corrected chi connectivity index (χ3v) is 6.68. The van der Waals surface area contributed by atoms with E-state index in [0.29, 0.717) is 29.1 Å². The molecule has 3 rings (SSSR count). The Hall–Kier alpha value is -3.65. The minimum Gasteiger partial charge on any atom is -0.462 e. The Balaban J connectivity index is 1.73. The maximum absolute atomic E-state index is 12.9. The zero-order chi connectivity index (χ0) is 24.7. The molecule has 0 bridgehead atoms. The van der Waals surface area contributed by atoms with Gasteiger partial charge in [-0.25, -0.2) is 13.2 Å². The van der Waals surface area contributed by atoms with Gasteiger partial charge in [-0.1, -0.05) is 37.1 Å². The van der Waals surface area contributed by atoms with Crippen LogP contribution in [-0.2, 0) is 14.8 Å². The highest BCUT2D eigenvalue weighted by atomic mass is 32.2. The lowest BCUT2D eigenvalue weighted by molar-refractivity contribution is 0.0499. The number of unbranched alkanes of at least 4 members (excludes halogenated alkanes) is 1. The molecule has 7 nitrogen and oxygen atoms in total. The molecule has 0 spiro atoms. The van der Waals surface area contributed by atoms with E-state index in [1.165, 1.54) is 6.07 Å². The van der Waals surface area contributed by atoms with Gasteiger partial charge in [0.25, 0.3) is 15.9 Å². The number of anilines is 2. The molecule has 0 atom stereocenters. The standard InChI is InChI=1S/C26H28N2O5S/c1-4-5-16-33-26(30)20-10-14-22(15-11-20)27-25(29)21-9-8-19(3)24(17-21)34(31,32)28-23-12-6-18(2)7-13-23/h6-15,17,28H,4-5,16H2,1-3H3,(H,27,29). The van der Waals surface area contributed by atoms with Crippen LogP contribution in [0.2, 0.25) is 0 Å². The lowest BCUT2D eigenvalue weighted by Gasteiger charge is -2.13. The molecular formula is C26H28N2O5S. The first kappa shape index (κ1) is 25.0. The third kappa shape index (κ3) is 6.45. The summed E-state index contributed by atoms with van der Waals surface area (Å²) in [6, 6.07) is 17.8. The number of hydrogen-bond acceptors (Lipinski definition) is 5. The number of benzene rings is 3. The number of esters is 1. The smallest absolute Gasteiger partial charge is 0.338 e. The first-order chi connectivity index (χ1) is 16.2. The van der Waals surface area contributed by atoms with Crippen molar-refractivity contribution in [2.45, 2.75) is 38.5 Å². The molecule has 0 saturated heterocycles. The number of carbonyl (C=O) groups is 2. The Labute approximate surface area is 200 Å². The van der Waals surface area contributed by atoms with Gasteiger partial charge in [-0.15, -0.1) is 0 Å². The second-order valence-electron chi connectivity index (χ2n) is 7.97. The second-order valence-corrected chi connectivity index (χ2v) is 9.62. The predicted molar refractivity (Wildman–Crippen MR) is 133 cm³/mol. The van der Waals surface area contributed by atoms with Crippen molar-refractivity contribution in [1.82, 2.24) is 0 Å². The SMILES string of the molecule is CCCCOC(=O)c1ccc(NC(=O)c2ccc(C)c(S(=O)(=O)Nc3ccc(C)cc3)c2)cc1. The van der Waals surface area contributed by atoms with Gasteiger partial charge in [-0.05, 0) is 74.4 Å². The van der Waals surface area contributed by atoms with Crippen LogP contribution in [0.1, 0.15) is 51.6 Å². The summed E-state index contributed by atoms with van der Waals surface area (Å²) in [6.07, 6.45) is 1.73. The molecule has 0 aliphatic heterocycles. The molecule has 0 radical (unpaired) electrons. The molecule has 2 N–H and O–H groups in total. The van der Waals surface area contributed by atoms with Gasteiger partial charge in [0.2, 0.25) is 0 Å². The average Bonchev–Trinajstić information content (AvgIpc) is 2.81. The van der Waals surface area contributed by atoms with Crippen LogP contribution in [0.25, 0.3) is 0 Å². The second kappa shape index (κ2) is 11.0. The van der Waals surface area contributed by atoms with Crippen LogP contribution in [0.15, 0.2) is 71.6 Å². The van der Waals surface area contributed by atoms with Gasteiger partial charge in [0.1, 0.15) is 0 Å². The van der Waals surface area contributed by atoms with E-state index in [1.807, 2.05) is 26.0 Å². The van der Waals surface area contributed by atoms with E-state index in [1.54, 1.807) is 55.5 Å². The Morgan fingerprint density at radius 1 is 0.853 bits per heavy atom. The van der Waals surface area contributed by atoms with Crippen LogP contribution in [0.3, 0.4) is 0 Å². The molecule has 3 aromatic carbocycles. The highest BCUT2D eigenvalue weighted by Gasteiger charge is 2.20. The number of amides is 1. The van der Waals surface area contributed by atoms with Crippen molar-refractivity contribution >= 4 is 33.3 Å². The van der Waals surface area contributed by atoms with Crippen molar-refractivity contribution < 1.29 is 22.7 Å². The van der Waals surface area contributed by atoms with Crippen molar-refractivity contribution in [2.24, 2.45) is 0 Å². The normalized spacial score (nSPS) is 11.0. The minimum atomic E-state index is -3.89. The van der Waals surface area contributed by atoms with E-state index in [9.17, 15) is 18.0 Å². The highest BCUT2D eigenvalue weighted by Crippen LogP contribution is 2.22.